The quantitative estimate of drug-likeness (QED) is 0.709. The summed E-state index contributed by atoms with van der Waals surface area (Å²) in [4.78, 5) is 0. The molecule has 0 aliphatic carbocycles. The summed E-state index contributed by atoms with van der Waals surface area (Å²) < 4.78 is 23.8. The van der Waals surface area contributed by atoms with Gasteiger partial charge in [-0.05, 0) is 48.2 Å². The Kier molecular flexibility index (Phi) is 6.44. The molecule has 6 heteroatoms. The van der Waals surface area contributed by atoms with Crippen molar-refractivity contribution in [1.29, 1.82) is 0 Å². The monoisotopic (exact) mass is 350 g/mol. The fourth-order valence-electron chi connectivity index (χ4n) is 2.11. The van der Waals surface area contributed by atoms with Crippen LogP contribution in [-0.4, -0.2) is 22.7 Å². The minimum atomic E-state index is -4.00. The number of aliphatic hydroxyl groups excluding tert-OH is 2. The molecule has 5 nitrogen and oxygen atoms in total. The summed E-state index contributed by atoms with van der Waals surface area (Å²) in [6.45, 7) is 3.33. The van der Waals surface area contributed by atoms with E-state index in [1.54, 1.807) is 24.3 Å². The molecule has 0 saturated heterocycles. The average Bonchev–Trinajstić information content (AvgIpc) is 2.62. The lowest BCUT2D eigenvalue weighted by Gasteiger charge is -2.23. The van der Waals surface area contributed by atoms with E-state index >= 15 is 0 Å². The van der Waals surface area contributed by atoms with Crippen LogP contribution in [0.4, 0.5) is 0 Å². The molecule has 0 spiro atoms. The van der Waals surface area contributed by atoms with Gasteiger partial charge in [0.15, 0.2) is 0 Å². The van der Waals surface area contributed by atoms with Gasteiger partial charge >= 0.3 is 7.60 Å². The normalized spacial score (nSPS) is 12.7. The van der Waals surface area contributed by atoms with Crippen LogP contribution in [-0.2, 0) is 17.4 Å². The number of aryl methyl sites for hydroxylation is 2. The van der Waals surface area contributed by atoms with Gasteiger partial charge in [-0.15, -0.1) is 0 Å². The zero-order valence-electron chi connectivity index (χ0n) is 13.9. The van der Waals surface area contributed by atoms with Crippen LogP contribution < -0.4 is 9.05 Å². The molecule has 0 aromatic heterocycles. The van der Waals surface area contributed by atoms with Gasteiger partial charge in [-0.2, -0.15) is 0 Å². The smallest absolute Gasteiger partial charge is 0.414 e. The highest BCUT2D eigenvalue weighted by molar-refractivity contribution is 7.55. The van der Waals surface area contributed by atoms with Crippen LogP contribution in [0.2, 0.25) is 0 Å². The molecule has 2 rings (SSSR count). The molecule has 1 atom stereocenters. The molecule has 1 unspecified atom stereocenters. The van der Waals surface area contributed by atoms with Crippen molar-refractivity contribution in [1.82, 2.24) is 0 Å². The summed E-state index contributed by atoms with van der Waals surface area (Å²) in [5, 5.41) is 19.1. The van der Waals surface area contributed by atoms with Gasteiger partial charge in [-0.1, -0.05) is 38.1 Å². The molecule has 2 aromatic rings. The van der Waals surface area contributed by atoms with E-state index in [1.165, 1.54) is 0 Å². The fraction of sp³-hybridized carbons (Fsp3) is 0.333. The maximum atomic E-state index is 12.9. The minimum absolute atomic E-state index is 0.313. The molecular formula is C18H23O5P. The third-order valence-electron chi connectivity index (χ3n) is 3.66. The third kappa shape index (κ3) is 4.60. The van der Waals surface area contributed by atoms with Crippen molar-refractivity contribution < 1.29 is 23.8 Å². The second kappa shape index (κ2) is 8.34. The Hall–Kier alpha value is -1.81. The van der Waals surface area contributed by atoms with Crippen LogP contribution in [0.15, 0.2) is 48.5 Å². The molecule has 0 fully saturated rings. The number of hydrogen-bond donors (Lipinski definition) is 2. The molecule has 2 N–H and O–H groups in total. The maximum Gasteiger partial charge on any atom is 0.461 e. The highest BCUT2D eigenvalue weighted by atomic mass is 31.2. The van der Waals surface area contributed by atoms with Crippen molar-refractivity contribution in [2.45, 2.75) is 32.5 Å². The van der Waals surface area contributed by atoms with E-state index in [2.05, 4.69) is 0 Å². The van der Waals surface area contributed by atoms with E-state index in [-0.39, 0.29) is 0 Å². The van der Waals surface area contributed by atoms with E-state index in [0.717, 1.165) is 24.0 Å². The molecule has 0 saturated carbocycles. The van der Waals surface area contributed by atoms with Crippen LogP contribution in [0.25, 0.3) is 0 Å². The lowest BCUT2D eigenvalue weighted by Crippen LogP contribution is -2.20. The Morgan fingerprint density at radius 2 is 1.25 bits per heavy atom. The van der Waals surface area contributed by atoms with Crippen molar-refractivity contribution in [2.24, 2.45) is 0 Å². The van der Waals surface area contributed by atoms with Crippen LogP contribution in [0.3, 0.4) is 0 Å². The first kappa shape index (κ1) is 18.5. The molecule has 2 aromatic carbocycles. The van der Waals surface area contributed by atoms with Gasteiger partial charge in [0.25, 0.3) is 0 Å². The largest absolute Gasteiger partial charge is 0.461 e. The molecule has 130 valence electrons. The SMILES string of the molecule is CCc1ccc(OP(=O)(Oc2ccc(CC)cc2)C(O)CO)cc1. The summed E-state index contributed by atoms with van der Waals surface area (Å²) in [5.74, 6) is -1.00. The van der Waals surface area contributed by atoms with Gasteiger partial charge in [0.05, 0.1) is 6.61 Å². The summed E-state index contributed by atoms with van der Waals surface area (Å²) in [7, 11) is -4.00. The molecule has 0 aliphatic rings. The Morgan fingerprint density at radius 3 is 1.54 bits per heavy atom. The Balaban J connectivity index is 2.22. The topological polar surface area (TPSA) is 76.0 Å². The predicted molar refractivity (Wildman–Crippen MR) is 93.6 cm³/mol. The minimum Gasteiger partial charge on any atom is -0.414 e. The number of rotatable bonds is 8. The van der Waals surface area contributed by atoms with E-state index in [9.17, 15) is 14.8 Å². The summed E-state index contributed by atoms with van der Waals surface area (Å²) in [6.07, 6.45) is 1.75. The molecule has 0 aliphatic heterocycles. The predicted octanol–water partition coefficient (Wildman–Crippen LogP) is 3.77. The molecule has 24 heavy (non-hydrogen) atoms. The van der Waals surface area contributed by atoms with Crippen molar-refractivity contribution in [2.75, 3.05) is 6.61 Å². The molecule has 0 heterocycles. The highest BCUT2D eigenvalue weighted by Crippen LogP contribution is 2.51. The lowest BCUT2D eigenvalue weighted by atomic mass is 10.2. The van der Waals surface area contributed by atoms with E-state index < -0.39 is 20.0 Å². The first-order valence-corrected chi connectivity index (χ1v) is 9.57. The number of aliphatic hydroxyl groups is 2. The Labute approximate surface area is 142 Å². The maximum absolute atomic E-state index is 12.9. The van der Waals surface area contributed by atoms with E-state index in [4.69, 9.17) is 9.05 Å². The lowest BCUT2D eigenvalue weighted by molar-refractivity contribution is 0.131. The first-order valence-electron chi connectivity index (χ1n) is 7.96. The Morgan fingerprint density at radius 1 is 0.875 bits per heavy atom. The number of hydrogen-bond acceptors (Lipinski definition) is 5. The van der Waals surface area contributed by atoms with Gasteiger partial charge in [0.2, 0.25) is 5.85 Å². The summed E-state index contributed by atoms with van der Waals surface area (Å²) in [5.41, 5.74) is 2.21. The Bertz CT molecular complexity index is 628. The second-order valence-corrected chi connectivity index (χ2v) is 7.42. The van der Waals surface area contributed by atoms with Crippen LogP contribution in [0.5, 0.6) is 11.5 Å². The van der Waals surface area contributed by atoms with Crippen molar-refractivity contribution in [3.63, 3.8) is 0 Å². The van der Waals surface area contributed by atoms with Crippen molar-refractivity contribution in [3.05, 3.63) is 59.7 Å². The van der Waals surface area contributed by atoms with E-state index in [1.807, 2.05) is 38.1 Å². The molecular weight excluding hydrogens is 327 g/mol. The third-order valence-corrected chi connectivity index (χ3v) is 5.48. The van der Waals surface area contributed by atoms with Gasteiger partial charge in [0.1, 0.15) is 11.5 Å². The van der Waals surface area contributed by atoms with Gasteiger partial charge < -0.3 is 19.3 Å². The zero-order valence-corrected chi connectivity index (χ0v) is 14.8. The zero-order chi connectivity index (χ0) is 17.6. The number of benzene rings is 2. The summed E-state index contributed by atoms with van der Waals surface area (Å²) in [6, 6.07) is 14.1. The standard InChI is InChI=1S/C18H23O5P/c1-3-14-5-9-16(10-6-14)22-24(21,18(20)13-19)23-17-11-7-15(4-2)8-12-17/h5-12,18-20H,3-4,13H2,1-2H3. The van der Waals surface area contributed by atoms with Gasteiger partial charge in [0, 0.05) is 0 Å². The second-order valence-electron chi connectivity index (χ2n) is 5.38. The molecule has 0 radical (unpaired) electrons. The van der Waals surface area contributed by atoms with Crippen LogP contribution in [0.1, 0.15) is 25.0 Å². The average molecular weight is 350 g/mol. The molecule has 0 bridgehead atoms. The van der Waals surface area contributed by atoms with Gasteiger partial charge in [-0.25, -0.2) is 4.57 Å². The van der Waals surface area contributed by atoms with Gasteiger partial charge in [-0.3, -0.25) is 0 Å². The first-order chi connectivity index (χ1) is 11.5. The summed E-state index contributed by atoms with van der Waals surface area (Å²) >= 11 is 0. The van der Waals surface area contributed by atoms with Crippen molar-refractivity contribution in [3.8, 4) is 11.5 Å². The fourth-order valence-corrected chi connectivity index (χ4v) is 3.42. The van der Waals surface area contributed by atoms with E-state index in [0.29, 0.717) is 11.5 Å². The van der Waals surface area contributed by atoms with Crippen LogP contribution >= 0.6 is 7.60 Å². The highest BCUT2D eigenvalue weighted by Gasteiger charge is 2.37. The van der Waals surface area contributed by atoms with Crippen LogP contribution in [0, 0.1) is 0 Å². The molecule has 0 amide bonds. The van der Waals surface area contributed by atoms with Crippen molar-refractivity contribution >= 4 is 7.60 Å².